The number of benzene rings is 1. The van der Waals surface area contributed by atoms with Gasteiger partial charge >= 0.3 is 0 Å². The lowest BCUT2D eigenvalue weighted by atomic mass is 10.0. The van der Waals surface area contributed by atoms with Crippen LogP contribution >= 0.6 is 0 Å². The summed E-state index contributed by atoms with van der Waals surface area (Å²) in [5.41, 5.74) is 0.831. The molecule has 2 nitrogen and oxygen atoms in total. The molecule has 1 heterocycles. The van der Waals surface area contributed by atoms with Crippen LogP contribution in [0.5, 0.6) is 0 Å². The van der Waals surface area contributed by atoms with Crippen LogP contribution in [-0.2, 0) is 11.2 Å². The second-order valence-electron chi connectivity index (χ2n) is 5.44. The Kier molecular flexibility index (Phi) is 4.75. The lowest BCUT2D eigenvalue weighted by molar-refractivity contribution is 0.122. The van der Waals surface area contributed by atoms with E-state index in [0.29, 0.717) is 32.2 Å². The van der Waals surface area contributed by atoms with Gasteiger partial charge in [0, 0.05) is 13.1 Å². The van der Waals surface area contributed by atoms with Crippen LogP contribution in [0.3, 0.4) is 0 Å². The molecule has 0 saturated carbocycles. The second kappa shape index (κ2) is 6.33. The van der Waals surface area contributed by atoms with Gasteiger partial charge in [-0.3, -0.25) is 0 Å². The van der Waals surface area contributed by atoms with E-state index in [0.717, 1.165) is 18.4 Å². The molecule has 0 spiro atoms. The Balaban J connectivity index is 2.16. The molecule has 0 amide bonds. The molecule has 0 bridgehead atoms. The molecule has 106 valence electrons. The number of hydrogen-bond donors (Lipinski definition) is 0. The molecular formula is C15H21F2NO. The third-order valence-electron chi connectivity index (χ3n) is 3.41. The molecule has 0 aliphatic carbocycles. The molecule has 0 N–H and O–H groups in total. The van der Waals surface area contributed by atoms with Gasteiger partial charge in [0.25, 0.3) is 0 Å². The lowest BCUT2D eigenvalue weighted by Crippen LogP contribution is -2.37. The van der Waals surface area contributed by atoms with Crippen molar-refractivity contribution in [2.24, 2.45) is 5.92 Å². The monoisotopic (exact) mass is 269 g/mol. The van der Waals surface area contributed by atoms with Crippen LogP contribution in [0.15, 0.2) is 12.1 Å². The fraction of sp³-hybridized carbons (Fsp3) is 0.600. The van der Waals surface area contributed by atoms with Crippen molar-refractivity contribution in [2.75, 3.05) is 31.2 Å². The molecule has 0 atom stereocenters. The average Bonchev–Trinajstić information content (AvgIpc) is 2.37. The second-order valence-corrected chi connectivity index (χ2v) is 5.44. The van der Waals surface area contributed by atoms with E-state index in [1.54, 1.807) is 4.90 Å². The minimum Gasteiger partial charge on any atom is -0.378 e. The highest BCUT2D eigenvalue weighted by Gasteiger charge is 2.20. The summed E-state index contributed by atoms with van der Waals surface area (Å²) in [5, 5.41) is 0. The number of nitrogens with zero attached hydrogens (tertiary/aromatic N) is 1. The van der Waals surface area contributed by atoms with E-state index in [4.69, 9.17) is 4.74 Å². The van der Waals surface area contributed by atoms with Gasteiger partial charge in [0.05, 0.1) is 13.2 Å². The number of aryl methyl sites for hydroxylation is 1. The summed E-state index contributed by atoms with van der Waals surface area (Å²) in [6.45, 7) is 6.34. The van der Waals surface area contributed by atoms with E-state index in [-0.39, 0.29) is 5.69 Å². The molecule has 1 aromatic rings. The molecule has 2 rings (SSSR count). The summed E-state index contributed by atoms with van der Waals surface area (Å²) < 4.78 is 33.4. The quantitative estimate of drug-likeness (QED) is 0.830. The highest BCUT2D eigenvalue weighted by molar-refractivity contribution is 5.51. The van der Waals surface area contributed by atoms with E-state index in [1.807, 2.05) is 0 Å². The van der Waals surface area contributed by atoms with Gasteiger partial charge in [0.2, 0.25) is 0 Å². The molecule has 1 aliphatic rings. The summed E-state index contributed by atoms with van der Waals surface area (Å²) >= 11 is 0. The van der Waals surface area contributed by atoms with Gasteiger partial charge < -0.3 is 9.64 Å². The van der Waals surface area contributed by atoms with E-state index in [9.17, 15) is 8.78 Å². The zero-order valence-corrected chi connectivity index (χ0v) is 11.6. The van der Waals surface area contributed by atoms with Crippen LogP contribution in [-0.4, -0.2) is 26.3 Å². The Morgan fingerprint density at radius 1 is 1.16 bits per heavy atom. The average molecular weight is 269 g/mol. The zero-order chi connectivity index (χ0) is 13.8. The van der Waals surface area contributed by atoms with Crippen molar-refractivity contribution < 1.29 is 13.5 Å². The maximum atomic E-state index is 14.1. The van der Waals surface area contributed by atoms with Crippen molar-refractivity contribution in [1.82, 2.24) is 0 Å². The first-order valence-electron chi connectivity index (χ1n) is 6.88. The van der Waals surface area contributed by atoms with Gasteiger partial charge in [0.15, 0.2) is 0 Å². The largest absolute Gasteiger partial charge is 0.378 e. The molecule has 19 heavy (non-hydrogen) atoms. The number of halogens is 2. The molecule has 4 heteroatoms. The van der Waals surface area contributed by atoms with Crippen molar-refractivity contribution >= 4 is 5.69 Å². The number of morpholine rings is 1. The van der Waals surface area contributed by atoms with Crippen LogP contribution in [0.1, 0.15) is 25.8 Å². The van der Waals surface area contributed by atoms with Gasteiger partial charge in [-0.2, -0.15) is 0 Å². The molecule has 0 radical (unpaired) electrons. The van der Waals surface area contributed by atoms with Gasteiger partial charge in [-0.15, -0.1) is 0 Å². The van der Waals surface area contributed by atoms with Gasteiger partial charge in [-0.05, 0) is 36.5 Å². The molecule has 1 fully saturated rings. The van der Waals surface area contributed by atoms with Gasteiger partial charge in [-0.25, -0.2) is 8.78 Å². The fourth-order valence-electron chi connectivity index (χ4n) is 2.31. The fourth-order valence-corrected chi connectivity index (χ4v) is 2.31. The Hall–Kier alpha value is -1.16. The summed E-state index contributed by atoms with van der Waals surface area (Å²) in [5.74, 6) is -0.383. The molecule has 1 aliphatic heterocycles. The normalized spacial score (nSPS) is 16.2. The van der Waals surface area contributed by atoms with E-state index in [1.165, 1.54) is 12.1 Å². The number of ether oxygens (including phenoxy) is 1. The van der Waals surface area contributed by atoms with Crippen molar-refractivity contribution in [3.05, 3.63) is 29.3 Å². The third-order valence-corrected chi connectivity index (χ3v) is 3.41. The Labute approximate surface area is 113 Å². The molecule has 0 aromatic heterocycles. The van der Waals surface area contributed by atoms with Crippen LogP contribution in [0.4, 0.5) is 14.5 Å². The zero-order valence-electron chi connectivity index (χ0n) is 11.6. The first kappa shape index (κ1) is 14.3. The summed E-state index contributed by atoms with van der Waals surface area (Å²) in [7, 11) is 0. The Morgan fingerprint density at radius 2 is 1.74 bits per heavy atom. The van der Waals surface area contributed by atoms with Crippen LogP contribution in [0.25, 0.3) is 0 Å². The van der Waals surface area contributed by atoms with E-state index < -0.39 is 11.6 Å². The van der Waals surface area contributed by atoms with Crippen LogP contribution in [0.2, 0.25) is 0 Å². The third kappa shape index (κ3) is 3.66. The van der Waals surface area contributed by atoms with Crippen LogP contribution in [0, 0.1) is 17.6 Å². The first-order chi connectivity index (χ1) is 9.08. The number of rotatable bonds is 4. The highest BCUT2D eigenvalue weighted by Crippen LogP contribution is 2.26. The minimum atomic E-state index is -0.458. The predicted octanol–water partition coefficient (Wildman–Crippen LogP) is 3.39. The number of anilines is 1. The molecular weight excluding hydrogens is 248 g/mol. The van der Waals surface area contributed by atoms with Gasteiger partial charge in [0.1, 0.15) is 17.3 Å². The summed E-state index contributed by atoms with van der Waals surface area (Å²) in [6.07, 6.45) is 1.66. The van der Waals surface area contributed by atoms with E-state index in [2.05, 4.69) is 13.8 Å². The molecule has 1 aromatic carbocycles. The van der Waals surface area contributed by atoms with Crippen molar-refractivity contribution in [3.8, 4) is 0 Å². The summed E-state index contributed by atoms with van der Waals surface area (Å²) in [6, 6.07) is 2.94. The molecule has 0 unspecified atom stereocenters. The number of hydrogen-bond acceptors (Lipinski definition) is 2. The van der Waals surface area contributed by atoms with Crippen molar-refractivity contribution in [3.63, 3.8) is 0 Å². The summed E-state index contributed by atoms with van der Waals surface area (Å²) in [4.78, 5) is 1.72. The topological polar surface area (TPSA) is 12.5 Å². The van der Waals surface area contributed by atoms with Gasteiger partial charge in [-0.1, -0.05) is 13.8 Å². The molecule has 1 saturated heterocycles. The first-order valence-corrected chi connectivity index (χ1v) is 6.88. The predicted molar refractivity (Wildman–Crippen MR) is 72.5 cm³/mol. The maximum Gasteiger partial charge on any atom is 0.149 e. The van der Waals surface area contributed by atoms with Crippen molar-refractivity contribution in [2.45, 2.75) is 26.7 Å². The van der Waals surface area contributed by atoms with E-state index >= 15 is 0 Å². The Bertz CT molecular complexity index is 405. The van der Waals surface area contributed by atoms with Crippen molar-refractivity contribution in [1.29, 1.82) is 0 Å². The van der Waals surface area contributed by atoms with Crippen LogP contribution < -0.4 is 4.90 Å². The SMILES string of the molecule is CC(C)CCc1cc(F)c(N2CCOCC2)c(F)c1. The standard InChI is InChI=1S/C15H21F2NO/c1-11(2)3-4-12-9-13(16)15(14(17)10-12)18-5-7-19-8-6-18/h9-11H,3-8H2,1-2H3. The minimum absolute atomic E-state index is 0.0941. The highest BCUT2D eigenvalue weighted by atomic mass is 19.1. The maximum absolute atomic E-state index is 14.1. The lowest BCUT2D eigenvalue weighted by Gasteiger charge is -2.29. The smallest absolute Gasteiger partial charge is 0.149 e. The Morgan fingerprint density at radius 3 is 2.26 bits per heavy atom.